The summed E-state index contributed by atoms with van der Waals surface area (Å²) in [5, 5.41) is 9.73. The van der Waals surface area contributed by atoms with Crippen molar-refractivity contribution >= 4 is 50.4 Å². The molecule has 1 aliphatic rings. The van der Waals surface area contributed by atoms with E-state index in [1.807, 2.05) is 0 Å². The fourth-order valence-electron chi connectivity index (χ4n) is 4.21. The second kappa shape index (κ2) is 10.2. The highest BCUT2D eigenvalue weighted by atomic mass is 35.5. The number of hydrogen-bond acceptors (Lipinski definition) is 6. The second-order valence-electron chi connectivity index (χ2n) is 8.93. The SMILES string of the molecule is CCS(=O)(=O)c1ccc(NC(=O)Nc2cc(Cl)c(C3(c4noc(-c5cccc(F)c5F)n4)CC3)c(Cl)c2)cc1. The Kier molecular flexibility index (Phi) is 7.08. The highest BCUT2D eigenvalue weighted by Crippen LogP contribution is 2.57. The molecule has 1 heterocycles. The molecule has 4 aromatic rings. The Morgan fingerprint density at radius 1 is 1.03 bits per heavy atom. The fourth-order valence-corrected chi connectivity index (χ4v) is 5.95. The molecule has 39 heavy (non-hydrogen) atoms. The van der Waals surface area contributed by atoms with Gasteiger partial charge in [-0.25, -0.2) is 22.0 Å². The third-order valence-corrected chi connectivity index (χ3v) is 8.76. The predicted octanol–water partition coefficient (Wildman–Crippen LogP) is 6.84. The molecular weight excluding hydrogens is 573 g/mol. The summed E-state index contributed by atoms with van der Waals surface area (Å²) in [4.78, 5) is 17.0. The van der Waals surface area contributed by atoms with Crippen LogP contribution in [0.3, 0.4) is 0 Å². The molecule has 202 valence electrons. The lowest BCUT2D eigenvalue weighted by Crippen LogP contribution is -2.20. The topological polar surface area (TPSA) is 114 Å². The first-order chi connectivity index (χ1) is 18.5. The molecule has 13 heteroatoms. The van der Waals surface area contributed by atoms with Gasteiger partial charge in [0, 0.05) is 27.0 Å². The summed E-state index contributed by atoms with van der Waals surface area (Å²) < 4.78 is 57.0. The molecule has 0 bridgehead atoms. The summed E-state index contributed by atoms with van der Waals surface area (Å²) in [6, 6.07) is 11.9. The van der Waals surface area contributed by atoms with Gasteiger partial charge in [-0.1, -0.05) is 41.3 Å². The van der Waals surface area contributed by atoms with Gasteiger partial charge in [0.25, 0.3) is 5.89 Å². The van der Waals surface area contributed by atoms with E-state index in [9.17, 15) is 22.0 Å². The summed E-state index contributed by atoms with van der Waals surface area (Å²) in [6.45, 7) is 1.55. The van der Waals surface area contributed by atoms with E-state index in [1.54, 1.807) is 6.92 Å². The molecule has 0 spiro atoms. The largest absolute Gasteiger partial charge is 0.334 e. The lowest BCUT2D eigenvalue weighted by atomic mass is 9.94. The number of amides is 2. The number of nitrogens with zero attached hydrogens (tertiary/aromatic N) is 2. The molecule has 2 N–H and O–H groups in total. The molecule has 1 fully saturated rings. The fraction of sp³-hybridized carbons (Fsp3) is 0.192. The molecule has 1 aliphatic carbocycles. The molecule has 0 unspecified atom stereocenters. The number of rotatable bonds is 7. The van der Waals surface area contributed by atoms with Crippen molar-refractivity contribution in [2.45, 2.75) is 30.1 Å². The van der Waals surface area contributed by atoms with Crippen LogP contribution >= 0.6 is 23.2 Å². The zero-order valence-corrected chi connectivity index (χ0v) is 22.6. The molecule has 0 atom stereocenters. The first-order valence-electron chi connectivity index (χ1n) is 11.7. The molecule has 5 rings (SSSR count). The van der Waals surface area contributed by atoms with E-state index >= 15 is 0 Å². The average molecular weight is 593 g/mol. The molecule has 8 nitrogen and oxygen atoms in total. The van der Waals surface area contributed by atoms with Crippen LogP contribution in [0, 0.1) is 11.6 Å². The van der Waals surface area contributed by atoms with Crippen LogP contribution in [0.2, 0.25) is 10.0 Å². The molecule has 3 aromatic carbocycles. The number of halogens is 4. The van der Waals surface area contributed by atoms with Crippen molar-refractivity contribution in [1.82, 2.24) is 10.1 Å². The Hall–Kier alpha value is -3.54. The van der Waals surface area contributed by atoms with E-state index in [1.165, 1.54) is 48.5 Å². The molecular formula is C26H20Cl2F2N4O4S. The van der Waals surface area contributed by atoms with E-state index in [4.69, 9.17) is 27.7 Å². The Bertz CT molecular complexity index is 1670. The van der Waals surface area contributed by atoms with Gasteiger partial charge in [0.1, 0.15) is 0 Å². The van der Waals surface area contributed by atoms with Crippen LogP contribution < -0.4 is 10.6 Å². The summed E-state index contributed by atoms with van der Waals surface area (Å²) in [7, 11) is -3.35. The van der Waals surface area contributed by atoms with Gasteiger partial charge in [-0.2, -0.15) is 4.98 Å². The van der Waals surface area contributed by atoms with Gasteiger partial charge in [0.15, 0.2) is 27.3 Å². The van der Waals surface area contributed by atoms with E-state index in [-0.39, 0.29) is 38.0 Å². The van der Waals surface area contributed by atoms with Crippen LogP contribution in [-0.4, -0.2) is 30.3 Å². The average Bonchev–Trinajstić information content (AvgIpc) is 3.52. The standard InChI is InChI=1S/C26H20Cl2F2N4O4S/c1-2-39(36,37)16-8-6-14(7-9-16)31-25(35)32-15-12-18(27)21(19(28)13-15)26(10-11-26)24-33-23(38-34-24)17-4-3-5-20(29)22(17)30/h3-9,12-13H,2,10-11H2,1H3,(H2,31,32,35). The van der Waals surface area contributed by atoms with Gasteiger partial charge in [-0.15, -0.1) is 0 Å². The van der Waals surface area contributed by atoms with Crippen molar-refractivity contribution in [3.8, 4) is 11.5 Å². The minimum atomic E-state index is -3.35. The van der Waals surface area contributed by atoms with E-state index in [0.29, 0.717) is 29.8 Å². The van der Waals surface area contributed by atoms with Gasteiger partial charge in [-0.3, -0.25) is 0 Å². The van der Waals surface area contributed by atoms with Crippen molar-refractivity contribution < 1.29 is 26.5 Å². The highest BCUT2D eigenvalue weighted by molar-refractivity contribution is 7.91. The van der Waals surface area contributed by atoms with Crippen LogP contribution in [0.1, 0.15) is 31.2 Å². The van der Waals surface area contributed by atoms with Crippen LogP contribution in [0.5, 0.6) is 0 Å². The molecule has 1 aromatic heterocycles. The van der Waals surface area contributed by atoms with Crippen LogP contribution in [-0.2, 0) is 15.3 Å². The maximum absolute atomic E-state index is 14.2. The number of aromatic nitrogens is 2. The van der Waals surface area contributed by atoms with Gasteiger partial charge in [0.05, 0.1) is 21.6 Å². The number of hydrogen-bond donors (Lipinski definition) is 2. The number of nitrogens with one attached hydrogen (secondary N) is 2. The van der Waals surface area contributed by atoms with E-state index < -0.39 is 32.9 Å². The van der Waals surface area contributed by atoms with Crippen molar-refractivity contribution in [2.75, 3.05) is 16.4 Å². The summed E-state index contributed by atoms with van der Waals surface area (Å²) in [5.74, 6) is -2.09. The number of sulfone groups is 1. The van der Waals surface area contributed by atoms with Gasteiger partial charge in [0.2, 0.25) is 0 Å². The number of carbonyl (C=O) groups excluding carboxylic acids is 1. The van der Waals surface area contributed by atoms with Crippen molar-refractivity contribution in [2.24, 2.45) is 0 Å². The van der Waals surface area contributed by atoms with Gasteiger partial charge >= 0.3 is 6.03 Å². The zero-order chi connectivity index (χ0) is 27.9. The van der Waals surface area contributed by atoms with Crippen molar-refractivity contribution in [3.05, 3.63) is 87.7 Å². The van der Waals surface area contributed by atoms with Crippen LogP contribution in [0.4, 0.5) is 25.0 Å². The number of benzene rings is 3. The lowest BCUT2D eigenvalue weighted by molar-refractivity contribution is 0.262. The maximum Gasteiger partial charge on any atom is 0.323 e. The maximum atomic E-state index is 14.2. The number of carbonyl (C=O) groups is 1. The summed E-state index contributed by atoms with van der Waals surface area (Å²) in [5.41, 5.74) is 0.283. The van der Waals surface area contributed by atoms with Crippen LogP contribution in [0.25, 0.3) is 11.5 Å². The summed E-state index contributed by atoms with van der Waals surface area (Å²) in [6.07, 6.45) is 1.18. The molecule has 2 amide bonds. The third-order valence-electron chi connectivity index (χ3n) is 6.42. The van der Waals surface area contributed by atoms with Gasteiger partial charge in [-0.05, 0) is 61.4 Å². The normalized spacial score (nSPS) is 14.2. The monoisotopic (exact) mass is 592 g/mol. The quantitative estimate of drug-likeness (QED) is 0.243. The molecule has 0 radical (unpaired) electrons. The predicted molar refractivity (Wildman–Crippen MR) is 143 cm³/mol. The first-order valence-corrected chi connectivity index (χ1v) is 14.1. The van der Waals surface area contributed by atoms with Crippen molar-refractivity contribution in [1.29, 1.82) is 0 Å². The zero-order valence-electron chi connectivity index (χ0n) is 20.3. The minimum absolute atomic E-state index is 0.0293. The molecule has 1 saturated carbocycles. The van der Waals surface area contributed by atoms with Crippen molar-refractivity contribution in [3.63, 3.8) is 0 Å². The Morgan fingerprint density at radius 2 is 1.67 bits per heavy atom. The summed E-state index contributed by atoms with van der Waals surface area (Å²) >= 11 is 13.2. The smallest absolute Gasteiger partial charge is 0.323 e. The van der Waals surface area contributed by atoms with E-state index in [0.717, 1.165) is 6.07 Å². The molecule has 0 aliphatic heterocycles. The van der Waals surface area contributed by atoms with Crippen LogP contribution in [0.15, 0.2) is 64.0 Å². The first kappa shape index (κ1) is 27.0. The number of anilines is 2. The Balaban J connectivity index is 1.34. The molecule has 0 saturated heterocycles. The van der Waals surface area contributed by atoms with Gasteiger partial charge < -0.3 is 15.2 Å². The number of urea groups is 1. The minimum Gasteiger partial charge on any atom is -0.334 e. The third kappa shape index (κ3) is 5.21. The second-order valence-corrected chi connectivity index (χ2v) is 12.0. The Labute approximate surface area is 232 Å². The lowest BCUT2D eigenvalue weighted by Gasteiger charge is -2.17. The highest BCUT2D eigenvalue weighted by Gasteiger charge is 2.52. The van der Waals surface area contributed by atoms with E-state index in [2.05, 4.69) is 20.8 Å². The Morgan fingerprint density at radius 3 is 2.28 bits per heavy atom.